The third-order valence-corrected chi connectivity index (χ3v) is 4.38. The highest BCUT2D eigenvalue weighted by Crippen LogP contribution is 2.27. The number of methoxy groups -OCH3 is 1. The summed E-state index contributed by atoms with van der Waals surface area (Å²) in [5, 5.41) is 9.94. The Kier molecular flexibility index (Phi) is 5.68. The number of ether oxygens (including phenoxy) is 1. The lowest BCUT2D eigenvalue weighted by Crippen LogP contribution is -2.11. The maximum Gasteiger partial charge on any atom is 0.256 e. The van der Waals surface area contributed by atoms with Crippen molar-refractivity contribution in [3.63, 3.8) is 0 Å². The molecule has 0 fully saturated rings. The van der Waals surface area contributed by atoms with Gasteiger partial charge in [0.05, 0.1) is 13.3 Å². The number of carbonyl (C=O) groups excluding carboxylic acids is 2. The van der Waals surface area contributed by atoms with E-state index >= 15 is 0 Å². The largest absolute Gasteiger partial charge is 0.497 e. The van der Waals surface area contributed by atoms with Gasteiger partial charge >= 0.3 is 0 Å². The lowest BCUT2D eigenvalue weighted by Gasteiger charge is -2.05. The number of hydrogen-bond donors (Lipinski definition) is 3. The molecule has 0 aliphatic carbocycles. The number of thiazole rings is 1. The van der Waals surface area contributed by atoms with Crippen LogP contribution in [-0.2, 0) is 4.79 Å². The minimum absolute atomic E-state index is 0.159. The smallest absolute Gasteiger partial charge is 0.256 e. The fraction of sp³-hybridized carbons (Fsp3) is 0.105. The average molecular weight is 382 g/mol. The standard InChI is InChI=1S/C19H18N4O3S/c1-12(24)21-14-5-3-13(4-6-14)18(25)23-17-11-20-19(27-17)22-15-7-9-16(26-2)10-8-15/h3-11H,1-2H3,(H,20,22)(H,21,24)(H,23,25). The summed E-state index contributed by atoms with van der Waals surface area (Å²) in [5.41, 5.74) is 2.00. The third kappa shape index (κ3) is 5.05. The number of anilines is 4. The summed E-state index contributed by atoms with van der Waals surface area (Å²) in [5.74, 6) is 0.370. The van der Waals surface area contributed by atoms with Crippen LogP contribution in [0.3, 0.4) is 0 Å². The highest BCUT2D eigenvalue weighted by atomic mass is 32.1. The van der Waals surface area contributed by atoms with Crippen LogP contribution in [-0.4, -0.2) is 23.9 Å². The number of nitrogens with one attached hydrogen (secondary N) is 3. The zero-order valence-electron chi connectivity index (χ0n) is 14.8. The molecule has 3 N–H and O–H groups in total. The first kappa shape index (κ1) is 18.4. The van der Waals surface area contributed by atoms with Gasteiger partial charge in [0.25, 0.3) is 5.91 Å². The van der Waals surface area contributed by atoms with Crippen molar-refractivity contribution in [1.29, 1.82) is 0 Å². The van der Waals surface area contributed by atoms with Crippen molar-refractivity contribution in [3.05, 3.63) is 60.3 Å². The molecular weight excluding hydrogens is 364 g/mol. The molecule has 0 aliphatic heterocycles. The maximum atomic E-state index is 12.3. The van der Waals surface area contributed by atoms with Crippen LogP contribution in [0.4, 0.5) is 21.5 Å². The number of carbonyl (C=O) groups is 2. The van der Waals surface area contributed by atoms with Crippen molar-refractivity contribution in [2.45, 2.75) is 6.92 Å². The molecule has 8 heteroatoms. The molecule has 0 spiro atoms. The van der Waals surface area contributed by atoms with Gasteiger partial charge in [-0.25, -0.2) is 4.98 Å². The van der Waals surface area contributed by atoms with Crippen molar-refractivity contribution in [1.82, 2.24) is 4.98 Å². The fourth-order valence-corrected chi connectivity index (χ4v) is 3.01. The number of aromatic nitrogens is 1. The molecule has 3 rings (SSSR count). The number of hydrogen-bond acceptors (Lipinski definition) is 6. The normalized spacial score (nSPS) is 10.1. The Labute approximate surface area is 160 Å². The highest BCUT2D eigenvalue weighted by Gasteiger charge is 2.09. The summed E-state index contributed by atoms with van der Waals surface area (Å²) in [4.78, 5) is 27.6. The fourth-order valence-electron chi connectivity index (χ4n) is 2.28. The van der Waals surface area contributed by atoms with Crippen molar-refractivity contribution >= 4 is 44.7 Å². The number of nitrogens with zero attached hydrogens (tertiary/aromatic N) is 1. The molecule has 7 nitrogen and oxygen atoms in total. The summed E-state index contributed by atoms with van der Waals surface area (Å²) in [6, 6.07) is 14.1. The third-order valence-electron chi connectivity index (χ3n) is 3.55. The topological polar surface area (TPSA) is 92.3 Å². The Morgan fingerprint density at radius 2 is 1.63 bits per heavy atom. The van der Waals surface area contributed by atoms with Crippen molar-refractivity contribution in [2.24, 2.45) is 0 Å². The van der Waals surface area contributed by atoms with E-state index in [0.29, 0.717) is 21.4 Å². The Bertz CT molecular complexity index is 936. The van der Waals surface area contributed by atoms with Crippen molar-refractivity contribution in [2.75, 3.05) is 23.1 Å². The quantitative estimate of drug-likeness (QED) is 0.597. The SMILES string of the molecule is COc1ccc(Nc2ncc(NC(=O)c3ccc(NC(C)=O)cc3)s2)cc1. The number of benzene rings is 2. The van der Waals surface area contributed by atoms with Gasteiger partial charge in [0.1, 0.15) is 10.8 Å². The van der Waals surface area contributed by atoms with Crippen molar-refractivity contribution < 1.29 is 14.3 Å². The second-order valence-corrected chi connectivity index (χ2v) is 6.63. The summed E-state index contributed by atoms with van der Waals surface area (Å²) < 4.78 is 5.13. The molecule has 0 bridgehead atoms. The van der Waals surface area contributed by atoms with Crippen LogP contribution in [0, 0.1) is 0 Å². The molecule has 0 radical (unpaired) electrons. The molecule has 138 valence electrons. The molecule has 0 atom stereocenters. The van der Waals surface area contributed by atoms with Crippen LogP contribution < -0.4 is 20.7 Å². The van der Waals surface area contributed by atoms with Gasteiger partial charge in [0.2, 0.25) is 5.91 Å². The molecule has 1 heterocycles. The summed E-state index contributed by atoms with van der Waals surface area (Å²) >= 11 is 1.33. The van der Waals surface area contributed by atoms with E-state index in [0.717, 1.165) is 11.4 Å². The molecule has 3 aromatic rings. The number of rotatable bonds is 6. The summed E-state index contributed by atoms with van der Waals surface area (Å²) in [7, 11) is 1.62. The van der Waals surface area contributed by atoms with E-state index in [-0.39, 0.29) is 11.8 Å². The lowest BCUT2D eigenvalue weighted by atomic mass is 10.2. The van der Waals surface area contributed by atoms with E-state index < -0.39 is 0 Å². The van der Waals surface area contributed by atoms with Gasteiger partial charge < -0.3 is 20.7 Å². The minimum Gasteiger partial charge on any atom is -0.497 e. The first-order valence-corrected chi connectivity index (χ1v) is 8.91. The predicted octanol–water partition coefficient (Wildman–Crippen LogP) is 4.11. The molecule has 1 aromatic heterocycles. The monoisotopic (exact) mass is 382 g/mol. The number of amides is 2. The molecule has 0 aliphatic rings. The van der Waals surface area contributed by atoms with Crippen LogP contribution in [0.5, 0.6) is 5.75 Å². The summed E-state index contributed by atoms with van der Waals surface area (Å²) in [6.45, 7) is 1.43. The van der Waals surface area contributed by atoms with Gasteiger partial charge in [-0.2, -0.15) is 0 Å². The lowest BCUT2D eigenvalue weighted by molar-refractivity contribution is -0.114. The molecule has 0 saturated carbocycles. The van der Waals surface area contributed by atoms with Gasteiger partial charge in [-0.3, -0.25) is 9.59 Å². The van der Waals surface area contributed by atoms with Crippen LogP contribution in [0.15, 0.2) is 54.7 Å². The molecular formula is C19H18N4O3S. The first-order valence-electron chi connectivity index (χ1n) is 8.09. The second-order valence-electron chi connectivity index (χ2n) is 5.60. The average Bonchev–Trinajstić information content (AvgIpc) is 3.09. The van der Waals surface area contributed by atoms with Gasteiger partial charge in [0, 0.05) is 23.9 Å². The van der Waals surface area contributed by atoms with Gasteiger partial charge in [-0.1, -0.05) is 11.3 Å². The van der Waals surface area contributed by atoms with Crippen LogP contribution in [0.1, 0.15) is 17.3 Å². The van der Waals surface area contributed by atoms with E-state index in [2.05, 4.69) is 20.9 Å². The molecule has 2 aromatic carbocycles. The van der Waals surface area contributed by atoms with E-state index in [9.17, 15) is 9.59 Å². The van der Waals surface area contributed by atoms with Crippen molar-refractivity contribution in [3.8, 4) is 5.75 Å². The molecule has 27 heavy (non-hydrogen) atoms. The van der Waals surface area contributed by atoms with Gasteiger partial charge in [0.15, 0.2) is 5.13 Å². The minimum atomic E-state index is -0.246. The van der Waals surface area contributed by atoms with E-state index in [1.54, 1.807) is 37.6 Å². The highest BCUT2D eigenvalue weighted by molar-refractivity contribution is 7.19. The van der Waals surface area contributed by atoms with Crippen LogP contribution in [0.2, 0.25) is 0 Å². The zero-order valence-corrected chi connectivity index (χ0v) is 15.6. The zero-order chi connectivity index (χ0) is 19.2. The molecule has 0 unspecified atom stereocenters. The first-order chi connectivity index (χ1) is 13.0. The molecule has 2 amide bonds. The maximum absolute atomic E-state index is 12.3. The second kappa shape index (κ2) is 8.33. The van der Waals surface area contributed by atoms with Gasteiger partial charge in [-0.05, 0) is 48.5 Å². The van der Waals surface area contributed by atoms with Crippen LogP contribution >= 0.6 is 11.3 Å². The molecule has 0 saturated heterocycles. The Morgan fingerprint density at radius 3 is 2.26 bits per heavy atom. The summed E-state index contributed by atoms with van der Waals surface area (Å²) in [6.07, 6.45) is 1.60. The van der Waals surface area contributed by atoms with Gasteiger partial charge in [-0.15, -0.1) is 0 Å². The van der Waals surface area contributed by atoms with E-state index in [4.69, 9.17) is 4.74 Å². The Hall–Kier alpha value is -3.39. The Balaban J connectivity index is 1.60. The Morgan fingerprint density at radius 1 is 0.963 bits per heavy atom. The van der Waals surface area contributed by atoms with Crippen LogP contribution in [0.25, 0.3) is 0 Å². The van der Waals surface area contributed by atoms with E-state index in [1.807, 2.05) is 24.3 Å². The predicted molar refractivity (Wildman–Crippen MR) is 107 cm³/mol. The van der Waals surface area contributed by atoms with E-state index in [1.165, 1.54) is 18.3 Å².